The number of aromatic nitrogens is 1. The lowest BCUT2D eigenvalue weighted by Crippen LogP contribution is -2.19. The Morgan fingerprint density at radius 3 is 2.85 bits per heavy atom. The number of benzene rings is 1. The molecule has 0 radical (unpaired) electrons. The lowest BCUT2D eigenvalue weighted by atomic mass is 10.1. The van der Waals surface area contributed by atoms with Gasteiger partial charge in [-0.15, -0.1) is 0 Å². The summed E-state index contributed by atoms with van der Waals surface area (Å²) in [5.41, 5.74) is 2.06. The Hall–Kier alpha value is -1.32. The average molecular weight is 292 g/mol. The quantitative estimate of drug-likeness (QED) is 0.871. The third kappa shape index (κ3) is 4.09. The van der Waals surface area contributed by atoms with E-state index in [9.17, 15) is 0 Å². The van der Waals surface area contributed by atoms with Crippen molar-refractivity contribution < 1.29 is 0 Å². The summed E-state index contributed by atoms with van der Waals surface area (Å²) < 4.78 is 0. The minimum atomic E-state index is 0.441. The Morgan fingerprint density at radius 1 is 1.30 bits per heavy atom. The number of nitrogens with zero attached hydrogens (tertiary/aromatic N) is 2. The van der Waals surface area contributed by atoms with Crippen molar-refractivity contribution in [3.05, 3.63) is 35.5 Å². The van der Waals surface area contributed by atoms with Gasteiger partial charge in [0.25, 0.3) is 0 Å². The van der Waals surface area contributed by atoms with Gasteiger partial charge in [-0.2, -0.15) is 0 Å². The molecule has 1 atom stereocenters. The van der Waals surface area contributed by atoms with Gasteiger partial charge in [0.05, 0.1) is 5.52 Å². The van der Waals surface area contributed by atoms with E-state index in [1.165, 1.54) is 6.42 Å². The van der Waals surface area contributed by atoms with E-state index in [2.05, 4.69) is 36.2 Å². The van der Waals surface area contributed by atoms with E-state index in [0.29, 0.717) is 6.04 Å². The lowest BCUT2D eigenvalue weighted by molar-refractivity contribution is 0.390. The van der Waals surface area contributed by atoms with Crippen LogP contribution < -0.4 is 5.32 Å². The molecule has 20 heavy (non-hydrogen) atoms. The molecule has 4 heteroatoms. The van der Waals surface area contributed by atoms with Crippen LogP contribution in [0.1, 0.15) is 19.8 Å². The monoisotopic (exact) mass is 291 g/mol. The van der Waals surface area contributed by atoms with Gasteiger partial charge in [0, 0.05) is 28.3 Å². The highest BCUT2D eigenvalue weighted by molar-refractivity contribution is 6.31. The first-order valence-corrected chi connectivity index (χ1v) is 7.39. The van der Waals surface area contributed by atoms with E-state index in [-0.39, 0.29) is 0 Å². The fraction of sp³-hybridized carbons (Fsp3) is 0.438. The molecule has 0 spiro atoms. The maximum atomic E-state index is 6.01. The van der Waals surface area contributed by atoms with E-state index in [4.69, 9.17) is 11.6 Å². The Balaban J connectivity index is 2.05. The smallest absolute Gasteiger partial charge is 0.0737 e. The van der Waals surface area contributed by atoms with Crippen LogP contribution in [-0.4, -0.2) is 36.6 Å². The van der Waals surface area contributed by atoms with E-state index in [1.807, 2.05) is 30.5 Å². The molecule has 0 aliphatic rings. The van der Waals surface area contributed by atoms with Crippen LogP contribution in [0.3, 0.4) is 0 Å². The normalized spacial score (nSPS) is 12.8. The van der Waals surface area contributed by atoms with Crippen LogP contribution in [0.25, 0.3) is 10.9 Å². The predicted octanol–water partition coefficient (Wildman–Crippen LogP) is 4.03. The van der Waals surface area contributed by atoms with Crippen molar-refractivity contribution in [3.63, 3.8) is 0 Å². The number of fused-ring (bicyclic) bond motifs is 1. The maximum absolute atomic E-state index is 6.01. The van der Waals surface area contributed by atoms with Gasteiger partial charge < -0.3 is 10.2 Å². The number of nitrogens with one attached hydrogen (secondary N) is 1. The largest absolute Gasteiger partial charge is 0.382 e. The second kappa shape index (κ2) is 6.91. The van der Waals surface area contributed by atoms with E-state index in [0.717, 1.165) is 34.6 Å². The zero-order valence-corrected chi connectivity index (χ0v) is 13.1. The van der Waals surface area contributed by atoms with E-state index >= 15 is 0 Å². The zero-order valence-electron chi connectivity index (χ0n) is 12.4. The molecule has 0 aliphatic heterocycles. The Labute approximate surface area is 126 Å². The number of hydrogen-bond acceptors (Lipinski definition) is 3. The topological polar surface area (TPSA) is 28.2 Å². The minimum absolute atomic E-state index is 0.441. The van der Waals surface area contributed by atoms with Crippen LogP contribution >= 0.6 is 11.6 Å². The van der Waals surface area contributed by atoms with Gasteiger partial charge in [-0.3, -0.25) is 4.98 Å². The first-order chi connectivity index (χ1) is 9.56. The molecule has 1 unspecified atom stereocenters. The minimum Gasteiger partial charge on any atom is -0.382 e. The third-order valence-electron chi connectivity index (χ3n) is 3.35. The summed E-state index contributed by atoms with van der Waals surface area (Å²) in [6, 6.07) is 8.31. The van der Waals surface area contributed by atoms with Crippen LogP contribution in [0, 0.1) is 0 Å². The highest BCUT2D eigenvalue weighted by atomic mass is 35.5. The molecular weight excluding hydrogens is 270 g/mol. The molecule has 2 aromatic rings. The van der Waals surface area contributed by atoms with Crippen molar-refractivity contribution in [2.24, 2.45) is 0 Å². The van der Waals surface area contributed by atoms with Gasteiger partial charge in [0.1, 0.15) is 0 Å². The lowest BCUT2D eigenvalue weighted by Gasteiger charge is -2.18. The number of anilines is 1. The van der Waals surface area contributed by atoms with Crippen LogP contribution in [0.5, 0.6) is 0 Å². The van der Waals surface area contributed by atoms with Crippen LogP contribution in [0.2, 0.25) is 5.02 Å². The van der Waals surface area contributed by atoms with Gasteiger partial charge >= 0.3 is 0 Å². The van der Waals surface area contributed by atoms with Crippen molar-refractivity contribution in [1.82, 2.24) is 9.88 Å². The standard InChI is InChI=1S/C16H22ClN3/c1-12(5-4-10-20(2)3)19-15-8-9-18-16-11-13(17)6-7-14(15)16/h6-9,11-12H,4-5,10H2,1-3H3,(H,18,19). The summed E-state index contributed by atoms with van der Waals surface area (Å²) in [6.45, 7) is 3.34. The van der Waals surface area contributed by atoms with Crippen LogP contribution in [-0.2, 0) is 0 Å². The average Bonchev–Trinajstić information content (AvgIpc) is 2.38. The molecule has 3 nitrogen and oxygen atoms in total. The molecule has 0 amide bonds. The summed E-state index contributed by atoms with van der Waals surface area (Å²) >= 11 is 6.01. The molecule has 2 rings (SSSR count). The molecule has 1 N–H and O–H groups in total. The van der Waals surface area contributed by atoms with E-state index < -0.39 is 0 Å². The van der Waals surface area contributed by atoms with Gasteiger partial charge in [0.2, 0.25) is 0 Å². The zero-order chi connectivity index (χ0) is 14.5. The first kappa shape index (κ1) is 15.1. The molecule has 0 bridgehead atoms. The third-order valence-corrected chi connectivity index (χ3v) is 3.58. The summed E-state index contributed by atoms with van der Waals surface area (Å²) in [5.74, 6) is 0. The molecule has 1 aromatic carbocycles. The molecule has 108 valence electrons. The summed E-state index contributed by atoms with van der Waals surface area (Å²) in [5, 5.41) is 5.42. The van der Waals surface area contributed by atoms with Crippen molar-refractivity contribution >= 4 is 28.2 Å². The fourth-order valence-electron chi connectivity index (χ4n) is 2.30. The molecule has 0 saturated heterocycles. The van der Waals surface area contributed by atoms with Crippen LogP contribution in [0.15, 0.2) is 30.5 Å². The van der Waals surface area contributed by atoms with Gasteiger partial charge in [0.15, 0.2) is 0 Å². The second-order valence-corrected chi connectivity index (χ2v) is 5.95. The SMILES string of the molecule is CC(CCCN(C)C)Nc1ccnc2cc(Cl)ccc12. The number of pyridine rings is 1. The first-order valence-electron chi connectivity index (χ1n) is 7.02. The van der Waals surface area contributed by atoms with Gasteiger partial charge in [-0.05, 0) is 64.7 Å². The number of halogens is 1. The van der Waals surface area contributed by atoms with E-state index in [1.54, 1.807) is 0 Å². The van der Waals surface area contributed by atoms with Crippen molar-refractivity contribution in [2.45, 2.75) is 25.8 Å². The maximum Gasteiger partial charge on any atom is 0.0737 e. The molecule has 1 aromatic heterocycles. The van der Waals surface area contributed by atoms with Crippen molar-refractivity contribution in [3.8, 4) is 0 Å². The molecule has 0 fully saturated rings. The fourth-order valence-corrected chi connectivity index (χ4v) is 2.46. The second-order valence-electron chi connectivity index (χ2n) is 5.51. The highest BCUT2D eigenvalue weighted by Crippen LogP contribution is 2.25. The van der Waals surface area contributed by atoms with Crippen LogP contribution in [0.4, 0.5) is 5.69 Å². The number of rotatable bonds is 6. The Morgan fingerprint density at radius 2 is 2.10 bits per heavy atom. The molecule has 0 saturated carbocycles. The van der Waals surface area contributed by atoms with Gasteiger partial charge in [-0.1, -0.05) is 11.6 Å². The molecular formula is C16H22ClN3. The van der Waals surface area contributed by atoms with Gasteiger partial charge in [-0.25, -0.2) is 0 Å². The highest BCUT2D eigenvalue weighted by Gasteiger charge is 2.06. The summed E-state index contributed by atoms with van der Waals surface area (Å²) in [4.78, 5) is 6.58. The number of hydrogen-bond donors (Lipinski definition) is 1. The predicted molar refractivity (Wildman–Crippen MR) is 87.6 cm³/mol. The Bertz CT molecular complexity index is 569. The van der Waals surface area contributed by atoms with Crippen molar-refractivity contribution in [1.29, 1.82) is 0 Å². The molecule has 1 heterocycles. The summed E-state index contributed by atoms with van der Waals surface area (Å²) in [6.07, 6.45) is 4.17. The van der Waals surface area contributed by atoms with Crippen molar-refractivity contribution in [2.75, 3.05) is 26.0 Å². The molecule has 0 aliphatic carbocycles. The summed E-state index contributed by atoms with van der Waals surface area (Å²) in [7, 11) is 4.22. The Kier molecular flexibility index (Phi) is 5.21.